The van der Waals surface area contributed by atoms with E-state index in [4.69, 9.17) is 4.74 Å². The molecular formula is C17H27NO. The van der Waals surface area contributed by atoms with E-state index in [1.165, 1.54) is 35.2 Å². The van der Waals surface area contributed by atoms with Crippen molar-refractivity contribution in [2.24, 2.45) is 0 Å². The van der Waals surface area contributed by atoms with Crippen molar-refractivity contribution in [3.05, 3.63) is 28.8 Å². The van der Waals surface area contributed by atoms with Gasteiger partial charge in [0.1, 0.15) is 0 Å². The SMILES string of the molecule is CCCC1CC(Nc2c(C)cc(C)cc2C)CCO1. The minimum absolute atomic E-state index is 0.447. The molecule has 1 aliphatic rings. The Morgan fingerprint density at radius 3 is 2.53 bits per heavy atom. The van der Waals surface area contributed by atoms with Gasteiger partial charge in [-0.05, 0) is 51.2 Å². The van der Waals surface area contributed by atoms with Crippen molar-refractivity contribution in [1.29, 1.82) is 0 Å². The summed E-state index contributed by atoms with van der Waals surface area (Å²) in [7, 11) is 0. The van der Waals surface area contributed by atoms with Crippen molar-refractivity contribution in [3.63, 3.8) is 0 Å². The molecular weight excluding hydrogens is 234 g/mol. The van der Waals surface area contributed by atoms with Crippen molar-refractivity contribution in [2.75, 3.05) is 11.9 Å². The van der Waals surface area contributed by atoms with Gasteiger partial charge in [-0.1, -0.05) is 31.0 Å². The Kier molecular flexibility index (Phi) is 4.87. The number of aryl methyl sites for hydroxylation is 3. The van der Waals surface area contributed by atoms with Gasteiger partial charge in [0.25, 0.3) is 0 Å². The van der Waals surface area contributed by atoms with Crippen molar-refractivity contribution in [3.8, 4) is 0 Å². The second-order valence-electron chi connectivity index (χ2n) is 5.92. The summed E-state index contributed by atoms with van der Waals surface area (Å²) < 4.78 is 5.83. The third-order valence-corrected chi connectivity index (χ3v) is 4.00. The molecule has 0 amide bonds. The largest absolute Gasteiger partial charge is 0.382 e. The molecule has 1 N–H and O–H groups in total. The number of ether oxygens (including phenoxy) is 1. The van der Waals surface area contributed by atoms with Gasteiger partial charge in [-0.15, -0.1) is 0 Å². The van der Waals surface area contributed by atoms with E-state index in [2.05, 4.69) is 45.1 Å². The maximum Gasteiger partial charge on any atom is 0.0594 e. The predicted molar refractivity (Wildman–Crippen MR) is 81.9 cm³/mol. The van der Waals surface area contributed by atoms with E-state index in [-0.39, 0.29) is 0 Å². The van der Waals surface area contributed by atoms with Crippen molar-refractivity contribution in [2.45, 2.75) is 65.5 Å². The molecule has 0 spiro atoms. The van der Waals surface area contributed by atoms with Crippen LogP contribution in [0.1, 0.15) is 49.3 Å². The van der Waals surface area contributed by atoms with Crippen LogP contribution in [0.4, 0.5) is 5.69 Å². The van der Waals surface area contributed by atoms with Gasteiger partial charge < -0.3 is 10.1 Å². The first-order valence-electron chi connectivity index (χ1n) is 7.56. The summed E-state index contributed by atoms with van der Waals surface area (Å²) in [5.74, 6) is 0. The maximum absolute atomic E-state index is 5.83. The van der Waals surface area contributed by atoms with Crippen LogP contribution in [0.2, 0.25) is 0 Å². The lowest BCUT2D eigenvalue weighted by Gasteiger charge is -2.31. The van der Waals surface area contributed by atoms with Crippen molar-refractivity contribution < 1.29 is 4.74 Å². The number of hydrogen-bond donors (Lipinski definition) is 1. The Morgan fingerprint density at radius 1 is 1.21 bits per heavy atom. The molecule has 0 aromatic heterocycles. The van der Waals surface area contributed by atoms with Gasteiger partial charge in [-0.25, -0.2) is 0 Å². The highest BCUT2D eigenvalue weighted by Gasteiger charge is 2.22. The zero-order valence-corrected chi connectivity index (χ0v) is 12.8. The molecule has 2 rings (SSSR count). The van der Waals surface area contributed by atoms with Gasteiger partial charge in [0.05, 0.1) is 6.10 Å². The van der Waals surface area contributed by atoms with Crippen LogP contribution in [-0.4, -0.2) is 18.8 Å². The summed E-state index contributed by atoms with van der Waals surface area (Å²) in [6.45, 7) is 9.69. The van der Waals surface area contributed by atoms with E-state index in [0.29, 0.717) is 12.1 Å². The Hall–Kier alpha value is -1.02. The molecule has 19 heavy (non-hydrogen) atoms. The highest BCUT2D eigenvalue weighted by molar-refractivity contribution is 5.58. The first-order valence-corrected chi connectivity index (χ1v) is 7.56. The number of nitrogens with one attached hydrogen (secondary N) is 1. The zero-order chi connectivity index (χ0) is 13.8. The van der Waals surface area contributed by atoms with Crippen LogP contribution >= 0.6 is 0 Å². The van der Waals surface area contributed by atoms with Gasteiger partial charge in [-0.3, -0.25) is 0 Å². The quantitative estimate of drug-likeness (QED) is 0.869. The van der Waals surface area contributed by atoms with Gasteiger partial charge in [0, 0.05) is 18.3 Å². The molecule has 0 radical (unpaired) electrons. The van der Waals surface area contributed by atoms with Crippen LogP contribution in [0.15, 0.2) is 12.1 Å². The molecule has 2 atom stereocenters. The number of benzene rings is 1. The van der Waals surface area contributed by atoms with Crippen LogP contribution < -0.4 is 5.32 Å². The predicted octanol–water partition coefficient (Wildman–Crippen LogP) is 4.37. The summed E-state index contributed by atoms with van der Waals surface area (Å²) in [6.07, 6.45) is 5.10. The van der Waals surface area contributed by atoms with E-state index in [0.717, 1.165) is 19.4 Å². The second-order valence-corrected chi connectivity index (χ2v) is 5.92. The minimum atomic E-state index is 0.447. The molecule has 0 aliphatic carbocycles. The molecule has 0 saturated carbocycles. The van der Waals surface area contributed by atoms with Crippen LogP contribution in [0, 0.1) is 20.8 Å². The molecule has 1 saturated heterocycles. The van der Waals surface area contributed by atoms with Gasteiger partial charge in [0.2, 0.25) is 0 Å². The highest BCUT2D eigenvalue weighted by Crippen LogP contribution is 2.26. The van der Waals surface area contributed by atoms with Gasteiger partial charge >= 0.3 is 0 Å². The summed E-state index contributed by atoms with van der Waals surface area (Å²) in [5.41, 5.74) is 5.39. The molecule has 1 aliphatic heterocycles. The van der Waals surface area contributed by atoms with E-state index in [1.807, 2.05) is 0 Å². The molecule has 2 heteroatoms. The third-order valence-electron chi connectivity index (χ3n) is 4.00. The Bertz CT molecular complexity index is 402. The fourth-order valence-corrected chi connectivity index (χ4v) is 3.15. The Labute approximate surface area is 117 Å². The van der Waals surface area contributed by atoms with E-state index < -0.39 is 0 Å². The fraction of sp³-hybridized carbons (Fsp3) is 0.647. The van der Waals surface area contributed by atoms with Crippen LogP contribution in [-0.2, 0) is 4.74 Å². The van der Waals surface area contributed by atoms with Crippen LogP contribution in [0.25, 0.3) is 0 Å². The monoisotopic (exact) mass is 261 g/mol. The van der Waals surface area contributed by atoms with Crippen molar-refractivity contribution >= 4 is 5.69 Å². The Balaban J connectivity index is 2.04. The highest BCUT2D eigenvalue weighted by atomic mass is 16.5. The standard InChI is InChI=1S/C17H27NO/c1-5-6-16-11-15(7-8-19-16)18-17-13(3)9-12(2)10-14(17)4/h9-10,15-16,18H,5-8,11H2,1-4H3. The molecule has 106 valence electrons. The molecule has 1 aromatic rings. The number of anilines is 1. The fourth-order valence-electron chi connectivity index (χ4n) is 3.15. The summed E-state index contributed by atoms with van der Waals surface area (Å²) in [5, 5.41) is 3.75. The molecule has 1 heterocycles. The first kappa shape index (κ1) is 14.4. The van der Waals surface area contributed by atoms with Gasteiger partial charge in [0.15, 0.2) is 0 Å². The van der Waals surface area contributed by atoms with E-state index in [9.17, 15) is 0 Å². The zero-order valence-electron chi connectivity index (χ0n) is 12.8. The van der Waals surface area contributed by atoms with Crippen molar-refractivity contribution in [1.82, 2.24) is 0 Å². The van der Waals surface area contributed by atoms with Crippen LogP contribution in [0.3, 0.4) is 0 Å². The number of hydrogen-bond acceptors (Lipinski definition) is 2. The molecule has 0 bridgehead atoms. The lowest BCUT2D eigenvalue weighted by molar-refractivity contribution is 0.00596. The minimum Gasteiger partial charge on any atom is -0.382 e. The molecule has 1 fully saturated rings. The average molecular weight is 261 g/mol. The lowest BCUT2D eigenvalue weighted by Crippen LogP contribution is -2.34. The molecule has 2 nitrogen and oxygen atoms in total. The second kappa shape index (κ2) is 6.42. The topological polar surface area (TPSA) is 21.3 Å². The maximum atomic E-state index is 5.83. The van der Waals surface area contributed by atoms with E-state index in [1.54, 1.807) is 0 Å². The first-order chi connectivity index (χ1) is 9.10. The molecule has 2 unspecified atom stereocenters. The van der Waals surface area contributed by atoms with E-state index >= 15 is 0 Å². The Morgan fingerprint density at radius 2 is 1.89 bits per heavy atom. The summed E-state index contributed by atoms with van der Waals surface area (Å²) in [6, 6.07) is 5.08. The molecule has 1 aromatic carbocycles. The van der Waals surface area contributed by atoms with Crippen LogP contribution in [0.5, 0.6) is 0 Å². The van der Waals surface area contributed by atoms with Gasteiger partial charge in [-0.2, -0.15) is 0 Å². The normalized spacial score (nSPS) is 23.4. The smallest absolute Gasteiger partial charge is 0.0594 e. The summed E-state index contributed by atoms with van der Waals surface area (Å²) >= 11 is 0. The number of rotatable bonds is 4. The average Bonchev–Trinajstić information content (AvgIpc) is 2.35. The third kappa shape index (κ3) is 3.73. The summed E-state index contributed by atoms with van der Waals surface area (Å²) in [4.78, 5) is 0. The lowest BCUT2D eigenvalue weighted by atomic mass is 9.98.